The zero-order valence-electron chi connectivity index (χ0n) is 10.6. The average Bonchev–Trinajstić information content (AvgIpc) is 2.78. The lowest BCUT2D eigenvalue weighted by Gasteiger charge is -2.17. The van der Waals surface area contributed by atoms with E-state index >= 15 is 0 Å². The molecule has 0 atom stereocenters. The number of rotatable bonds is 5. The normalized spacial score (nSPS) is 11.4. The topological polar surface area (TPSA) is 67.1 Å². The van der Waals surface area contributed by atoms with Crippen LogP contribution < -0.4 is 0 Å². The van der Waals surface area contributed by atoms with Crippen LogP contribution >= 0.6 is 0 Å². The number of tetrazole rings is 1. The van der Waals surface area contributed by atoms with Crippen molar-refractivity contribution in [3.05, 3.63) is 41.7 Å². The lowest BCUT2D eigenvalue weighted by atomic mass is 10.2. The van der Waals surface area contributed by atoms with E-state index in [0.29, 0.717) is 18.9 Å². The summed E-state index contributed by atoms with van der Waals surface area (Å²) in [6.07, 6.45) is 0. The highest BCUT2D eigenvalue weighted by Gasteiger charge is 2.12. The fraction of sp³-hybridized carbons (Fsp3) is 0.417. The van der Waals surface area contributed by atoms with Crippen LogP contribution in [0.25, 0.3) is 0 Å². The molecule has 0 aliphatic heterocycles. The minimum atomic E-state index is 0.0341. The van der Waals surface area contributed by atoms with E-state index in [0.717, 1.165) is 5.56 Å². The first kappa shape index (κ1) is 12.7. The lowest BCUT2D eigenvalue weighted by molar-refractivity contribution is -0.127. The molecule has 0 bridgehead atoms. The molecule has 0 aliphatic carbocycles. The van der Waals surface area contributed by atoms with E-state index < -0.39 is 0 Å². The Morgan fingerprint density at radius 2 is 2.00 bits per heavy atom. The van der Waals surface area contributed by atoms with Crippen molar-refractivity contribution in [1.29, 1.82) is 0 Å². The van der Waals surface area contributed by atoms with E-state index in [4.69, 9.17) is 0 Å². The van der Waals surface area contributed by atoms with E-state index in [-0.39, 0.29) is 6.04 Å². The number of nitrogens with zero attached hydrogens (tertiary/aromatic N) is 5. The molecule has 0 saturated heterocycles. The minimum absolute atomic E-state index is 0.0341. The van der Waals surface area contributed by atoms with Crippen molar-refractivity contribution < 1.29 is 5.21 Å². The number of aromatic nitrogens is 4. The van der Waals surface area contributed by atoms with Gasteiger partial charge in [0.2, 0.25) is 0 Å². The standard InChI is InChI=1S/C12H17N5O/c1-10(2)17(18)9-12-13-14-15-16(12)8-11-6-4-3-5-7-11/h3-7,10,18H,8-9H2,1-2H3. The van der Waals surface area contributed by atoms with Crippen molar-refractivity contribution in [1.82, 2.24) is 25.3 Å². The Labute approximate surface area is 106 Å². The maximum atomic E-state index is 9.71. The van der Waals surface area contributed by atoms with E-state index in [1.807, 2.05) is 44.2 Å². The van der Waals surface area contributed by atoms with Gasteiger partial charge in [0.05, 0.1) is 13.1 Å². The van der Waals surface area contributed by atoms with Gasteiger partial charge in [-0.3, -0.25) is 0 Å². The largest absolute Gasteiger partial charge is 0.313 e. The van der Waals surface area contributed by atoms with Crippen molar-refractivity contribution in [3.8, 4) is 0 Å². The molecule has 18 heavy (non-hydrogen) atoms. The van der Waals surface area contributed by atoms with Gasteiger partial charge < -0.3 is 5.21 Å². The molecule has 0 fully saturated rings. The highest BCUT2D eigenvalue weighted by Crippen LogP contribution is 2.05. The van der Waals surface area contributed by atoms with E-state index in [1.165, 1.54) is 5.06 Å². The van der Waals surface area contributed by atoms with Crippen LogP contribution in [0.3, 0.4) is 0 Å². The molecule has 0 saturated carbocycles. The zero-order valence-corrected chi connectivity index (χ0v) is 10.6. The summed E-state index contributed by atoms with van der Waals surface area (Å²) >= 11 is 0. The van der Waals surface area contributed by atoms with Crippen molar-refractivity contribution in [2.24, 2.45) is 0 Å². The van der Waals surface area contributed by atoms with Crippen LogP contribution in [0.5, 0.6) is 0 Å². The highest BCUT2D eigenvalue weighted by molar-refractivity contribution is 5.14. The van der Waals surface area contributed by atoms with Gasteiger partial charge in [-0.05, 0) is 29.8 Å². The monoisotopic (exact) mass is 247 g/mol. The summed E-state index contributed by atoms with van der Waals surface area (Å²) < 4.78 is 1.70. The Kier molecular flexibility index (Phi) is 4.01. The minimum Gasteiger partial charge on any atom is -0.313 e. The molecular weight excluding hydrogens is 230 g/mol. The molecule has 6 nitrogen and oxygen atoms in total. The van der Waals surface area contributed by atoms with Gasteiger partial charge in [0.25, 0.3) is 0 Å². The third-order valence-corrected chi connectivity index (χ3v) is 2.68. The van der Waals surface area contributed by atoms with Gasteiger partial charge >= 0.3 is 0 Å². The van der Waals surface area contributed by atoms with Crippen LogP contribution in [-0.2, 0) is 13.1 Å². The molecule has 0 amide bonds. The Hall–Kier alpha value is -1.79. The van der Waals surface area contributed by atoms with Crippen LogP contribution in [0, 0.1) is 0 Å². The van der Waals surface area contributed by atoms with Crippen LogP contribution in [0.1, 0.15) is 25.2 Å². The molecule has 96 valence electrons. The number of hydroxylamine groups is 2. The molecule has 1 aromatic carbocycles. The molecule has 6 heteroatoms. The summed E-state index contributed by atoms with van der Waals surface area (Å²) in [4.78, 5) is 0. The summed E-state index contributed by atoms with van der Waals surface area (Å²) in [5.74, 6) is 0.648. The number of hydrogen-bond donors (Lipinski definition) is 1. The van der Waals surface area contributed by atoms with Crippen LogP contribution in [0.2, 0.25) is 0 Å². The summed E-state index contributed by atoms with van der Waals surface area (Å²) in [5.41, 5.74) is 1.13. The van der Waals surface area contributed by atoms with Crippen LogP contribution in [0.15, 0.2) is 30.3 Å². The fourth-order valence-electron chi connectivity index (χ4n) is 1.54. The summed E-state index contributed by atoms with van der Waals surface area (Å²) in [7, 11) is 0. The van der Waals surface area contributed by atoms with Crippen LogP contribution in [0.4, 0.5) is 0 Å². The van der Waals surface area contributed by atoms with Gasteiger partial charge in [-0.2, -0.15) is 5.06 Å². The Morgan fingerprint density at radius 3 is 2.67 bits per heavy atom. The predicted molar refractivity (Wildman–Crippen MR) is 65.8 cm³/mol. The Morgan fingerprint density at radius 1 is 1.28 bits per heavy atom. The predicted octanol–water partition coefficient (Wildman–Crippen LogP) is 1.32. The summed E-state index contributed by atoms with van der Waals surface area (Å²) in [6.45, 7) is 4.74. The second-order valence-electron chi connectivity index (χ2n) is 4.43. The summed E-state index contributed by atoms with van der Waals surface area (Å²) in [5, 5.41) is 22.5. The molecule has 2 rings (SSSR count). The highest BCUT2D eigenvalue weighted by atomic mass is 16.5. The molecular formula is C12H17N5O. The van der Waals surface area contributed by atoms with Crippen LogP contribution in [-0.4, -0.2) is 36.5 Å². The van der Waals surface area contributed by atoms with Gasteiger partial charge in [0.1, 0.15) is 0 Å². The van der Waals surface area contributed by atoms with Gasteiger partial charge in [-0.15, -0.1) is 5.10 Å². The smallest absolute Gasteiger partial charge is 0.168 e. The Bertz CT molecular complexity index is 482. The SMILES string of the molecule is CC(C)N(O)Cc1nnnn1Cc1ccccc1. The zero-order chi connectivity index (χ0) is 13.0. The van der Waals surface area contributed by atoms with Gasteiger partial charge in [-0.1, -0.05) is 30.3 Å². The van der Waals surface area contributed by atoms with Gasteiger partial charge in [-0.25, -0.2) is 4.68 Å². The second-order valence-corrected chi connectivity index (χ2v) is 4.43. The van der Waals surface area contributed by atoms with Crippen molar-refractivity contribution in [3.63, 3.8) is 0 Å². The first-order chi connectivity index (χ1) is 8.66. The molecule has 0 spiro atoms. The maximum absolute atomic E-state index is 9.71. The fourth-order valence-corrected chi connectivity index (χ4v) is 1.54. The average molecular weight is 247 g/mol. The molecule has 0 aliphatic rings. The molecule has 1 N–H and O–H groups in total. The molecule has 2 aromatic rings. The maximum Gasteiger partial charge on any atom is 0.168 e. The first-order valence-electron chi connectivity index (χ1n) is 5.91. The van der Waals surface area contributed by atoms with E-state index in [2.05, 4.69) is 15.5 Å². The quantitative estimate of drug-likeness (QED) is 0.807. The van der Waals surface area contributed by atoms with Gasteiger partial charge in [0, 0.05) is 6.04 Å². The number of hydrogen-bond acceptors (Lipinski definition) is 5. The second kappa shape index (κ2) is 5.70. The third-order valence-electron chi connectivity index (χ3n) is 2.68. The summed E-state index contributed by atoms with van der Waals surface area (Å²) in [6, 6.07) is 10.00. The lowest BCUT2D eigenvalue weighted by Crippen LogP contribution is -2.28. The van der Waals surface area contributed by atoms with E-state index in [9.17, 15) is 5.21 Å². The third kappa shape index (κ3) is 3.12. The molecule has 1 aromatic heterocycles. The molecule has 1 heterocycles. The van der Waals surface area contributed by atoms with Gasteiger partial charge in [0.15, 0.2) is 5.82 Å². The van der Waals surface area contributed by atoms with Crippen molar-refractivity contribution in [2.75, 3.05) is 0 Å². The number of benzene rings is 1. The first-order valence-corrected chi connectivity index (χ1v) is 5.91. The molecule has 0 unspecified atom stereocenters. The van der Waals surface area contributed by atoms with Crippen molar-refractivity contribution in [2.45, 2.75) is 33.0 Å². The van der Waals surface area contributed by atoms with E-state index in [1.54, 1.807) is 4.68 Å². The Balaban J connectivity index is 2.08. The molecule has 0 radical (unpaired) electrons. The van der Waals surface area contributed by atoms with Crippen molar-refractivity contribution >= 4 is 0 Å².